The lowest BCUT2D eigenvalue weighted by Crippen LogP contribution is -2.27. The highest BCUT2D eigenvalue weighted by atomic mass is 16.5. The van der Waals surface area contributed by atoms with E-state index in [-0.39, 0.29) is 16.9 Å². The molecule has 4 heteroatoms. The van der Waals surface area contributed by atoms with Crippen LogP contribution in [0.25, 0.3) is 0 Å². The predicted octanol–water partition coefficient (Wildman–Crippen LogP) is 4.43. The highest BCUT2D eigenvalue weighted by Crippen LogP contribution is 2.32. The van der Waals surface area contributed by atoms with Crippen LogP contribution in [0.3, 0.4) is 0 Å². The highest BCUT2D eigenvalue weighted by Gasteiger charge is 2.19. The average Bonchev–Trinajstić information content (AvgIpc) is 2.67. The second-order valence-electron chi connectivity index (χ2n) is 7.69. The summed E-state index contributed by atoms with van der Waals surface area (Å²) in [5.74, 6) is -0.996. The third kappa shape index (κ3) is 4.92. The van der Waals surface area contributed by atoms with Gasteiger partial charge in [-0.3, -0.25) is 0 Å². The van der Waals surface area contributed by atoms with Gasteiger partial charge in [0.05, 0.1) is 5.97 Å². The number of carboxylic acids is 1. The zero-order valence-corrected chi connectivity index (χ0v) is 16.3. The van der Waals surface area contributed by atoms with E-state index in [0.717, 1.165) is 11.1 Å². The van der Waals surface area contributed by atoms with Gasteiger partial charge in [-0.05, 0) is 50.1 Å². The topological polar surface area (TPSA) is 61.4 Å². The van der Waals surface area contributed by atoms with Crippen LogP contribution >= 0.6 is 0 Å². The van der Waals surface area contributed by atoms with Crippen LogP contribution < -0.4 is 15.2 Å². The van der Waals surface area contributed by atoms with Crippen molar-refractivity contribution in [2.24, 2.45) is 0 Å². The van der Waals surface area contributed by atoms with Gasteiger partial charge in [-0.15, -0.1) is 0 Å². The van der Waals surface area contributed by atoms with Crippen molar-refractivity contribution in [3.05, 3.63) is 95.6 Å². The van der Waals surface area contributed by atoms with E-state index in [1.165, 1.54) is 0 Å². The fourth-order valence-corrected chi connectivity index (χ4v) is 3.01. The van der Waals surface area contributed by atoms with Crippen molar-refractivity contribution < 1.29 is 14.6 Å². The van der Waals surface area contributed by atoms with E-state index < -0.39 is 12.1 Å². The Morgan fingerprint density at radius 3 is 1.89 bits per heavy atom. The zero-order valence-electron chi connectivity index (χ0n) is 16.3. The van der Waals surface area contributed by atoms with Crippen LogP contribution in [0.5, 0.6) is 5.75 Å². The fourth-order valence-electron chi connectivity index (χ4n) is 3.01. The summed E-state index contributed by atoms with van der Waals surface area (Å²) >= 11 is 0. The molecule has 3 aromatic rings. The minimum atomic E-state index is -1.27. The molecule has 0 fully saturated rings. The molecule has 0 bridgehead atoms. The molecule has 144 valence electrons. The van der Waals surface area contributed by atoms with Gasteiger partial charge in [0.15, 0.2) is 0 Å². The molecule has 3 rings (SSSR count). The molecule has 0 radical (unpaired) electrons. The third-order valence-corrected chi connectivity index (χ3v) is 4.17. The van der Waals surface area contributed by atoms with E-state index in [4.69, 9.17) is 4.74 Å². The average molecular weight is 374 g/mol. The largest absolute Gasteiger partial charge is 0.545 e. The Morgan fingerprint density at radius 1 is 0.893 bits per heavy atom. The molecule has 4 nitrogen and oxygen atoms in total. The maximum absolute atomic E-state index is 11.8. The number of nitrogens with one attached hydrogen (secondary N) is 1. The Hall–Kier alpha value is -3.27. The predicted molar refractivity (Wildman–Crippen MR) is 110 cm³/mol. The number of carboxylic acid groups (broad SMARTS) is 1. The van der Waals surface area contributed by atoms with Crippen LogP contribution in [-0.2, 0) is 0 Å². The maximum Gasteiger partial charge on any atom is 0.149 e. The van der Waals surface area contributed by atoms with E-state index in [9.17, 15) is 9.90 Å². The Kier molecular flexibility index (Phi) is 5.69. The summed E-state index contributed by atoms with van der Waals surface area (Å²) in [5, 5.41) is 15.0. The summed E-state index contributed by atoms with van der Waals surface area (Å²) < 4.78 is 6.22. The van der Waals surface area contributed by atoms with Gasteiger partial charge >= 0.3 is 0 Å². The van der Waals surface area contributed by atoms with Gasteiger partial charge in [-0.25, -0.2) is 0 Å². The summed E-state index contributed by atoms with van der Waals surface area (Å²) in [6, 6.07) is 24.5. The molecule has 0 spiro atoms. The molecule has 0 aliphatic heterocycles. The summed E-state index contributed by atoms with van der Waals surface area (Å²) in [6.45, 7) is 6.03. The molecule has 0 atom stereocenters. The maximum atomic E-state index is 11.8. The van der Waals surface area contributed by atoms with Crippen LogP contribution in [0.2, 0.25) is 0 Å². The van der Waals surface area contributed by atoms with Gasteiger partial charge < -0.3 is 20.0 Å². The lowest BCUT2D eigenvalue weighted by molar-refractivity contribution is -0.255. The lowest BCUT2D eigenvalue weighted by atomic mass is 10.0. The SMILES string of the molecule is CC(C)(C)Nc1ccc(OC(c2ccccc2)c2ccccc2)c(C(=O)[O-])c1. The standard InChI is InChI=1S/C24H25NO3/c1-24(2,3)25-19-14-15-21(20(16-19)23(26)27)28-22(17-10-6-4-7-11-17)18-12-8-5-9-13-18/h4-16,22,25H,1-3H3,(H,26,27)/p-1. The van der Waals surface area contributed by atoms with E-state index in [0.29, 0.717) is 5.69 Å². The summed E-state index contributed by atoms with van der Waals surface area (Å²) in [7, 11) is 0. The smallest absolute Gasteiger partial charge is 0.149 e. The molecular weight excluding hydrogens is 350 g/mol. The van der Waals surface area contributed by atoms with E-state index in [1.54, 1.807) is 12.1 Å². The third-order valence-electron chi connectivity index (χ3n) is 4.17. The summed E-state index contributed by atoms with van der Waals surface area (Å²) in [4.78, 5) is 11.8. The van der Waals surface area contributed by atoms with E-state index in [1.807, 2.05) is 87.5 Å². The number of hydrogen-bond acceptors (Lipinski definition) is 4. The molecule has 3 aromatic carbocycles. The van der Waals surface area contributed by atoms with Crippen LogP contribution in [0.4, 0.5) is 5.69 Å². The Bertz CT molecular complexity index is 892. The normalized spacial score (nSPS) is 11.3. The highest BCUT2D eigenvalue weighted by molar-refractivity contribution is 5.90. The Balaban J connectivity index is 2.00. The first-order chi connectivity index (χ1) is 13.3. The fraction of sp³-hybridized carbons (Fsp3) is 0.208. The van der Waals surface area contributed by atoms with Gasteiger partial charge in [-0.1, -0.05) is 60.7 Å². The van der Waals surface area contributed by atoms with Gasteiger partial charge in [0, 0.05) is 16.8 Å². The van der Waals surface area contributed by atoms with Gasteiger partial charge in [0.1, 0.15) is 11.9 Å². The molecule has 28 heavy (non-hydrogen) atoms. The van der Waals surface area contributed by atoms with Crippen molar-refractivity contribution >= 4 is 11.7 Å². The second-order valence-corrected chi connectivity index (χ2v) is 7.69. The van der Waals surface area contributed by atoms with E-state index >= 15 is 0 Å². The van der Waals surface area contributed by atoms with Crippen molar-refractivity contribution in [1.82, 2.24) is 0 Å². The van der Waals surface area contributed by atoms with Crippen LogP contribution in [-0.4, -0.2) is 11.5 Å². The van der Waals surface area contributed by atoms with Gasteiger partial charge in [0.2, 0.25) is 0 Å². The van der Waals surface area contributed by atoms with Crippen LogP contribution in [0.1, 0.15) is 48.4 Å². The summed E-state index contributed by atoms with van der Waals surface area (Å²) in [5.41, 5.74) is 2.41. The molecule has 0 aromatic heterocycles. The molecule has 0 saturated carbocycles. The summed E-state index contributed by atoms with van der Waals surface area (Å²) in [6.07, 6.45) is -0.429. The van der Waals surface area contributed by atoms with Crippen LogP contribution in [0, 0.1) is 0 Å². The molecule has 0 heterocycles. The molecule has 0 aliphatic carbocycles. The minimum absolute atomic E-state index is 0.0195. The number of hydrogen-bond donors (Lipinski definition) is 1. The van der Waals surface area contributed by atoms with Gasteiger partial charge in [-0.2, -0.15) is 0 Å². The first kappa shape index (κ1) is 19.5. The zero-order chi connectivity index (χ0) is 20.1. The number of anilines is 1. The number of ether oxygens (including phenoxy) is 1. The first-order valence-corrected chi connectivity index (χ1v) is 9.23. The van der Waals surface area contributed by atoms with Crippen molar-refractivity contribution in [3.63, 3.8) is 0 Å². The molecule has 0 unspecified atom stereocenters. The number of aromatic carboxylic acids is 1. The molecule has 0 aliphatic rings. The Morgan fingerprint density at radius 2 is 1.43 bits per heavy atom. The number of carbonyl (C=O) groups excluding carboxylic acids is 1. The van der Waals surface area contributed by atoms with Crippen molar-refractivity contribution in [2.75, 3.05) is 5.32 Å². The minimum Gasteiger partial charge on any atom is -0.545 e. The van der Waals surface area contributed by atoms with E-state index in [2.05, 4.69) is 5.32 Å². The lowest BCUT2D eigenvalue weighted by Gasteiger charge is -2.25. The van der Waals surface area contributed by atoms with Crippen molar-refractivity contribution in [2.45, 2.75) is 32.4 Å². The molecular formula is C24H24NO3-. The second kappa shape index (κ2) is 8.17. The molecule has 0 amide bonds. The van der Waals surface area contributed by atoms with Crippen molar-refractivity contribution in [1.29, 1.82) is 0 Å². The van der Waals surface area contributed by atoms with Crippen molar-refractivity contribution in [3.8, 4) is 5.75 Å². The van der Waals surface area contributed by atoms with Crippen LogP contribution in [0.15, 0.2) is 78.9 Å². The molecule has 1 N–H and O–H groups in total. The monoisotopic (exact) mass is 374 g/mol. The Labute approximate surface area is 165 Å². The number of benzene rings is 3. The number of carbonyl (C=O) groups is 1. The quantitative estimate of drug-likeness (QED) is 0.693. The first-order valence-electron chi connectivity index (χ1n) is 9.23. The number of rotatable bonds is 6. The van der Waals surface area contributed by atoms with Gasteiger partial charge in [0.25, 0.3) is 0 Å². The molecule has 0 saturated heterocycles.